The molecule has 1 fully saturated rings. The zero-order valence-electron chi connectivity index (χ0n) is 11.4. The van der Waals surface area contributed by atoms with Crippen LogP contribution in [0.25, 0.3) is 0 Å². The first-order valence-corrected chi connectivity index (χ1v) is 6.28. The van der Waals surface area contributed by atoms with Crippen molar-refractivity contribution in [3.8, 4) is 0 Å². The fourth-order valence-electron chi connectivity index (χ4n) is 2.77. The number of hydrogen-bond donors (Lipinski definition) is 2. The summed E-state index contributed by atoms with van der Waals surface area (Å²) < 4.78 is 5.19. The summed E-state index contributed by atoms with van der Waals surface area (Å²) >= 11 is 0. The van der Waals surface area contributed by atoms with Crippen LogP contribution in [0.5, 0.6) is 0 Å². The van der Waals surface area contributed by atoms with Gasteiger partial charge in [0.25, 0.3) is 0 Å². The van der Waals surface area contributed by atoms with E-state index in [1.807, 2.05) is 0 Å². The molecule has 0 atom stereocenters. The predicted octanol–water partition coefficient (Wildman–Crippen LogP) is 2.75. The Morgan fingerprint density at radius 2 is 2.00 bits per heavy atom. The van der Waals surface area contributed by atoms with Crippen LogP contribution in [-0.4, -0.2) is 17.6 Å². The van der Waals surface area contributed by atoms with Crippen LogP contribution in [0.2, 0.25) is 0 Å². The van der Waals surface area contributed by atoms with Crippen molar-refractivity contribution in [2.24, 2.45) is 16.7 Å². The minimum Gasteiger partial charge on any atom is -0.478 e. The third-order valence-corrected chi connectivity index (χ3v) is 4.87. The molecule has 2 rings (SSSR count). The molecule has 1 aromatic heterocycles. The second kappa shape index (κ2) is 4.12. The first-order valence-electron chi connectivity index (χ1n) is 6.28. The Bertz CT molecular complexity index is 445. The van der Waals surface area contributed by atoms with Gasteiger partial charge in [-0.05, 0) is 29.4 Å². The molecule has 1 aromatic rings. The highest BCUT2D eigenvalue weighted by Crippen LogP contribution is 2.67. The van der Waals surface area contributed by atoms with E-state index in [1.54, 1.807) is 6.07 Å². The molecule has 2 N–H and O–H groups in total. The summed E-state index contributed by atoms with van der Waals surface area (Å²) in [4.78, 5) is 10.7. The molecule has 18 heavy (non-hydrogen) atoms. The maximum absolute atomic E-state index is 10.7. The first kappa shape index (κ1) is 13.1. The topological polar surface area (TPSA) is 62.5 Å². The van der Waals surface area contributed by atoms with Crippen LogP contribution in [0.1, 0.15) is 43.8 Å². The lowest BCUT2D eigenvalue weighted by atomic mass is 10.0. The molecule has 4 heteroatoms. The number of carboxylic acid groups (broad SMARTS) is 1. The van der Waals surface area contributed by atoms with Crippen molar-refractivity contribution in [3.05, 3.63) is 23.7 Å². The summed E-state index contributed by atoms with van der Waals surface area (Å²) in [5.41, 5.74) is 0.948. The van der Waals surface area contributed by atoms with Gasteiger partial charge in [0.2, 0.25) is 0 Å². The second-order valence-corrected chi connectivity index (χ2v) is 6.23. The minimum atomic E-state index is -0.950. The van der Waals surface area contributed by atoms with E-state index in [9.17, 15) is 4.79 Å². The number of hydrogen-bond acceptors (Lipinski definition) is 3. The largest absolute Gasteiger partial charge is 0.478 e. The van der Waals surface area contributed by atoms with Crippen LogP contribution in [0, 0.1) is 16.7 Å². The normalized spacial score (nSPS) is 20.9. The van der Waals surface area contributed by atoms with E-state index < -0.39 is 5.97 Å². The number of rotatable bonds is 5. The molecule has 0 aliphatic heterocycles. The number of carbonyl (C=O) groups is 1. The molecule has 100 valence electrons. The number of furan rings is 1. The molecule has 0 aromatic carbocycles. The van der Waals surface area contributed by atoms with Crippen LogP contribution < -0.4 is 5.32 Å². The average Bonchev–Trinajstić information content (AvgIpc) is 2.67. The van der Waals surface area contributed by atoms with Gasteiger partial charge in [-0.3, -0.25) is 0 Å². The van der Waals surface area contributed by atoms with Gasteiger partial charge >= 0.3 is 5.97 Å². The van der Waals surface area contributed by atoms with E-state index in [1.165, 1.54) is 6.26 Å². The van der Waals surface area contributed by atoms with Crippen molar-refractivity contribution in [3.63, 3.8) is 0 Å². The molecule has 1 aliphatic carbocycles. The van der Waals surface area contributed by atoms with Gasteiger partial charge in [0.05, 0.1) is 12.1 Å². The van der Waals surface area contributed by atoms with Crippen LogP contribution in [-0.2, 0) is 6.54 Å². The molecule has 0 spiro atoms. The second-order valence-electron chi connectivity index (χ2n) is 6.23. The lowest BCUT2D eigenvalue weighted by Crippen LogP contribution is -2.18. The van der Waals surface area contributed by atoms with Crippen molar-refractivity contribution in [2.45, 2.75) is 34.2 Å². The molecule has 1 aliphatic rings. The molecule has 1 saturated carbocycles. The summed E-state index contributed by atoms with van der Waals surface area (Å²) in [5.74, 6) is 0.372. The van der Waals surface area contributed by atoms with Gasteiger partial charge in [0, 0.05) is 0 Å². The Kier molecular flexibility index (Phi) is 3.01. The summed E-state index contributed by atoms with van der Waals surface area (Å²) in [5, 5.41) is 12.1. The van der Waals surface area contributed by atoms with Gasteiger partial charge in [-0.25, -0.2) is 4.79 Å². The molecule has 0 unspecified atom stereocenters. The maximum Gasteiger partial charge on any atom is 0.338 e. The lowest BCUT2D eigenvalue weighted by molar-refractivity contribution is 0.0696. The van der Waals surface area contributed by atoms with E-state index >= 15 is 0 Å². The highest BCUT2D eigenvalue weighted by Gasteiger charge is 2.63. The van der Waals surface area contributed by atoms with Crippen LogP contribution in [0.15, 0.2) is 16.7 Å². The van der Waals surface area contributed by atoms with Gasteiger partial charge in [0.1, 0.15) is 12.0 Å². The van der Waals surface area contributed by atoms with Gasteiger partial charge in [-0.2, -0.15) is 0 Å². The van der Waals surface area contributed by atoms with Crippen LogP contribution >= 0.6 is 0 Å². The van der Waals surface area contributed by atoms with E-state index in [0.717, 1.165) is 6.54 Å². The Morgan fingerprint density at radius 1 is 1.39 bits per heavy atom. The maximum atomic E-state index is 10.7. The SMILES string of the molecule is CC1(C)C(CNCc2cc(C(=O)O)co2)C1(C)C. The standard InChI is InChI=1S/C14H21NO3/c1-13(2)11(14(13,3)4)7-15-6-10-5-9(8-18-10)12(16)17/h5,8,11,15H,6-7H2,1-4H3,(H,16,17). The molecule has 0 bridgehead atoms. The summed E-state index contributed by atoms with van der Waals surface area (Å²) in [7, 11) is 0. The van der Waals surface area contributed by atoms with Crippen molar-refractivity contribution in [2.75, 3.05) is 6.54 Å². The zero-order chi connectivity index (χ0) is 13.6. The van der Waals surface area contributed by atoms with Crippen molar-refractivity contribution in [1.82, 2.24) is 5.32 Å². The van der Waals surface area contributed by atoms with Gasteiger partial charge in [0.15, 0.2) is 0 Å². The molecular weight excluding hydrogens is 230 g/mol. The van der Waals surface area contributed by atoms with Crippen molar-refractivity contribution >= 4 is 5.97 Å². The van der Waals surface area contributed by atoms with Crippen molar-refractivity contribution in [1.29, 1.82) is 0 Å². The third kappa shape index (κ3) is 2.05. The highest BCUT2D eigenvalue weighted by molar-refractivity contribution is 5.87. The van der Waals surface area contributed by atoms with E-state index in [2.05, 4.69) is 33.0 Å². The van der Waals surface area contributed by atoms with Crippen LogP contribution in [0.3, 0.4) is 0 Å². The fraction of sp³-hybridized carbons (Fsp3) is 0.643. The number of carboxylic acids is 1. The average molecular weight is 251 g/mol. The molecule has 4 nitrogen and oxygen atoms in total. The first-order chi connectivity index (χ1) is 8.26. The minimum absolute atomic E-state index is 0.207. The lowest BCUT2D eigenvalue weighted by Gasteiger charge is -2.04. The predicted molar refractivity (Wildman–Crippen MR) is 68.4 cm³/mol. The smallest absolute Gasteiger partial charge is 0.338 e. The van der Waals surface area contributed by atoms with Gasteiger partial charge in [-0.1, -0.05) is 27.7 Å². The zero-order valence-corrected chi connectivity index (χ0v) is 11.4. The van der Waals surface area contributed by atoms with E-state index in [4.69, 9.17) is 9.52 Å². The Balaban J connectivity index is 1.81. The van der Waals surface area contributed by atoms with E-state index in [-0.39, 0.29) is 5.56 Å². The van der Waals surface area contributed by atoms with Crippen molar-refractivity contribution < 1.29 is 14.3 Å². The third-order valence-electron chi connectivity index (χ3n) is 4.87. The monoisotopic (exact) mass is 251 g/mol. The fourth-order valence-corrected chi connectivity index (χ4v) is 2.77. The summed E-state index contributed by atoms with van der Waals surface area (Å²) in [6.45, 7) is 10.7. The van der Waals surface area contributed by atoms with E-state index in [0.29, 0.717) is 29.1 Å². The Labute approximate surface area is 107 Å². The Morgan fingerprint density at radius 3 is 2.44 bits per heavy atom. The van der Waals surface area contributed by atoms with Gasteiger partial charge in [-0.15, -0.1) is 0 Å². The summed E-state index contributed by atoms with van der Waals surface area (Å²) in [6.07, 6.45) is 1.28. The number of aromatic carboxylic acids is 1. The molecule has 0 radical (unpaired) electrons. The summed E-state index contributed by atoms with van der Waals surface area (Å²) in [6, 6.07) is 1.57. The van der Waals surface area contributed by atoms with Gasteiger partial charge < -0.3 is 14.8 Å². The quantitative estimate of drug-likeness (QED) is 0.844. The molecule has 0 saturated heterocycles. The number of nitrogens with one attached hydrogen (secondary N) is 1. The molecular formula is C14H21NO3. The highest BCUT2D eigenvalue weighted by atomic mass is 16.4. The Hall–Kier alpha value is -1.29. The molecule has 0 amide bonds. The molecule has 1 heterocycles. The van der Waals surface area contributed by atoms with Crippen LogP contribution in [0.4, 0.5) is 0 Å².